The number of carbonyl (C=O) groups is 1. The van der Waals surface area contributed by atoms with Crippen molar-refractivity contribution in [2.24, 2.45) is 5.73 Å². The molecule has 0 aliphatic heterocycles. The number of benzene rings is 1. The third-order valence-corrected chi connectivity index (χ3v) is 1.65. The van der Waals surface area contributed by atoms with E-state index in [1.54, 1.807) is 12.2 Å². The summed E-state index contributed by atoms with van der Waals surface area (Å²) in [5.74, 6) is 0.0753. The van der Waals surface area contributed by atoms with Crippen LogP contribution in [0.15, 0.2) is 36.4 Å². The molecule has 1 aromatic rings. The molecular formula is C11H13NO. The van der Waals surface area contributed by atoms with Gasteiger partial charge in [0.2, 0.25) is 0 Å². The van der Waals surface area contributed by atoms with Gasteiger partial charge in [0.15, 0.2) is 5.78 Å². The van der Waals surface area contributed by atoms with Gasteiger partial charge in [0.1, 0.15) is 0 Å². The lowest BCUT2D eigenvalue weighted by molar-refractivity contribution is -0.114. The van der Waals surface area contributed by atoms with Crippen LogP contribution in [0.3, 0.4) is 0 Å². The van der Waals surface area contributed by atoms with Gasteiger partial charge in [0.25, 0.3) is 0 Å². The van der Waals surface area contributed by atoms with Crippen molar-refractivity contribution in [3.8, 4) is 0 Å². The summed E-state index contributed by atoms with van der Waals surface area (Å²) < 4.78 is 0. The zero-order chi connectivity index (χ0) is 9.52. The highest BCUT2D eigenvalue weighted by Gasteiger charge is 1.92. The number of hydrogen-bond donors (Lipinski definition) is 1. The Labute approximate surface area is 78.1 Å². The summed E-state index contributed by atoms with van der Waals surface area (Å²) >= 11 is 0. The molecule has 0 atom stereocenters. The molecule has 0 saturated heterocycles. The molecule has 2 heteroatoms. The number of rotatable bonds is 4. The molecule has 0 radical (unpaired) electrons. The molecule has 0 fully saturated rings. The van der Waals surface area contributed by atoms with E-state index in [0.717, 1.165) is 5.56 Å². The fourth-order valence-corrected chi connectivity index (χ4v) is 0.979. The zero-order valence-corrected chi connectivity index (χ0v) is 7.44. The van der Waals surface area contributed by atoms with Crippen LogP contribution in [0.4, 0.5) is 0 Å². The first-order valence-corrected chi connectivity index (χ1v) is 4.29. The van der Waals surface area contributed by atoms with Gasteiger partial charge in [0, 0.05) is 6.42 Å². The van der Waals surface area contributed by atoms with Crippen molar-refractivity contribution in [3.05, 3.63) is 42.0 Å². The molecule has 0 unspecified atom stereocenters. The van der Waals surface area contributed by atoms with Gasteiger partial charge in [-0.1, -0.05) is 36.4 Å². The molecule has 0 heterocycles. The fourth-order valence-electron chi connectivity index (χ4n) is 0.979. The van der Waals surface area contributed by atoms with Gasteiger partial charge in [-0.15, -0.1) is 0 Å². The molecule has 0 saturated carbocycles. The van der Waals surface area contributed by atoms with Gasteiger partial charge in [0.05, 0.1) is 0 Å². The molecule has 2 nitrogen and oxygen atoms in total. The minimum absolute atomic E-state index is 0.0753. The summed E-state index contributed by atoms with van der Waals surface area (Å²) in [7, 11) is 0. The van der Waals surface area contributed by atoms with Crippen LogP contribution in [0, 0.1) is 0 Å². The van der Waals surface area contributed by atoms with Crippen molar-refractivity contribution in [3.63, 3.8) is 0 Å². The molecule has 0 spiro atoms. The lowest BCUT2D eigenvalue weighted by Gasteiger charge is -1.91. The predicted octanol–water partition coefficient (Wildman–Crippen LogP) is 1.62. The molecule has 0 aliphatic rings. The number of ketones is 1. The molecule has 2 N–H and O–H groups in total. The van der Waals surface area contributed by atoms with Crippen LogP contribution in [-0.2, 0) is 4.79 Å². The Morgan fingerprint density at radius 3 is 2.62 bits per heavy atom. The molecule has 0 bridgehead atoms. The van der Waals surface area contributed by atoms with Crippen LogP contribution in [0.1, 0.15) is 12.0 Å². The Bertz CT molecular complexity index is 290. The zero-order valence-electron chi connectivity index (χ0n) is 7.44. The van der Waals surface area contributed by atoms with E-state index in [0.29, 0.717) is 13.0 Å². The average molecular weight is 175 g/mol. The second-order valence-corrected chi connectivity index (χ2v) is 2.75. The lowest BCUT2D eigenvalue weighted by Crippen LogP contribution is -2.04. The maximum atomic E-state index is 11.0. The summed E-state index contributed by atoms with van der Waals surface area (Å²) in [6.45, 7) is 0.415. The van der Waals surface area contributed by atoms with E-state index in [1.165, 1.54) is 0 Å². The van der Waals surface area contributed by atoms with Crippen molar-refractivity contribution < 1.29 is 4.79 Å². The van der Waals surface area contributed by atoms with Gasteiger partial charge in [-0.2, -0.15) is 0 Å². The van der Waals surface area contributed by atoms with Crippen molar-refractivity contribution in [2.75, 3.05) is 6.54 Å². The van der Waals surface area contributed by atoms with Crippen molar-refractivity contribution in [1.29, 1.82) is 0 Å². The van der Waals surface area contributed by atoms with E-state index in [9.17, 15) is 4.79 Å². The van der Waals surface area contributed by atoms with Crippen molar-refractivity contribution in [1.82, 2.24) is 0 Å². The fraction of sp³-hybridized carbons (Fsp3) is 0.182. The summed E-state index contributed by atoms with van der Waals surface area (Å²) in [5.41, 5.74) is 6.28. The van der Waals surface area contributed by atoms with E-state index in [-0.39, 0.29) is 5.78 Å². The van der Waals surface area contributed by atoms with E-state index in [2.05, 4.69) is 0 Å². The lowest BCUT2D eigenvalue weighted by atomic mass is 10.2. The number of hydrogen-bond acceptors (Lipinski definition) is 2. The topological polar surface area (TPSA) is 43.1 Å². The quantitative estimate of drug-likeness (QED) is 0.706. The summed E-state index contributed by atoms with van der Waals surface area (Å²) in [4.78, 5) is 11.0. The molecule has 13 heavy (non-hydrogen) atoms. The molecule has 0 amide bonds. The first-order chi connectivity index (χ1) is 6.33. The van der Waals surface area contributed by atoms with E-state index >= 15 is 0 Å². The van der Waals surface area contributed by atoms with Gasteiger partial charge in [-0.05, 0) is 18.2 Å². The van der Waals surface area contributed by atoms with Crippen molar-refractivity contribution in [2.45, 2.75) is 6.42 Å². The van der Waals surface area contributed by atoms with Crippen LogP contribution in [0.5, 0.6) is 0 Å². The van der Waals surface area contributed by atoms with Gasteiger partial charge in [-0.3, -0.25) is 4.79 Å². The second-order valence-electron chi connectivity index (χ2n) is 2.75. The normalized spacial score (nSPS) is 10.5. The average Bonchev–Trinajstić information content (AvgIpc) is 2.17. The first-order valence-electron chi connectivity index (χ1n) is 4.29. The minimum atomic E-state index is 0.0753. The molecule has 68 valence electrons. The summed E-state index contributed by atoms with van der Waals surface area (Å²) in [6, 6.07) is 9.72. The van der Waals surface area contributed by atoms with Crippen molar-refractivity contribution >= 4 is 11.9 Å². The van der Waals surface area contributed by atoms with E-state index in [1.807, 2.05) is 30.3 Å². The standard InChI is InChI=1S/C11H13NO/c12-9-8-11(13)7-6-10-4-2-1-3-5-10/h1-7H,8-9,12H2. The molecule has 0 aromatic heterocycles. The Morgan fingerprint density at radius 1 is 1.31 bits per heavy atom. The first kappa shape index (κ1) is 9.68. The maximum absolute atomic E-state index is 11.0. The molecular weight excluding hydrogens is 162 g/mol. The smallest absolute Gasteiger partial charge is 0.156 e. The number of nitrogens with two attached hydrogens (primary N) is 1. The Hall–Kier alpha value is -1.41. The SMILES string of the molecule is NCCC(=O)C=Cc1ccccc1. The monoisotopic (exact) mass is 175 g/mol. The molecule has 1 rings (SSSR count). The molecule has 0 aliphatic carbocycles. The summed E-state index contributed by atoms with van der Waals surface area (Å²) in [5, 5.41) is 0. The Balaban J connectivity index is 2.54. The highest BCUT2D eigenvalue weighted by atomic mass is 16.1. The van der Waals surface area contributed by atoms with Gasteiger partial charge in [-0.25, -0.2) is 0 Å². The van der Waals surface area contributed by atoms with Crippen LogP contribution >= 0.6 is 0 Å². The maximum Gasteiger partial charge on any atom is 0.156 e. The predicted molar refractivity (Wildman–Crippen MR) is 54.2 cm³/mol. The van der Waals surface area contributed by atoms with Gasteiger partial charge >= 0.3 is 0 Å². The van der Waals surface area contributed by atoms with Crippen LogP contribution in [0.25, 0.3) is 6.08 Å². The van der Waals surface area contributed by atoms with Crippen LogP contribution in [-0.4, -0.2) is 12.3 Å². The minimum Gasteiger partial charge on any atom is -0.330 e. The van der Waals surface area contributed by atoms with Gasteiger partial charge < -0.3 is 5.73 Å². The highest BCUT2D eigenvalue weighted by molar-refractivity contribution is 5.93. The van der Waals surface area contributed by atoms with E-state index < -0.39 is 0 Å². The Kier molecular flexibility index (Phi) is 3.93. The van der Waals surface area contributed by atoms with Crippen LogP contribution < -0.4 is 5.73 Å². The second kappa shape index (κ2) is 5.27. The largest absolute Gasteiger partial charge is 0.330 e. The highest BCUT2D eigenvalue weighted by Crippen LogP contribution is 2.01. The number of carbonyl (C=O) groups excluding carboxylic acids is 1. The Morgan fingerprint density at radius 2 is 2.00 bits per heavy atom. The van der Waals surface area contributed by atoms with Crippen LogP contribution in [0.2, 0.25) is 0 Å². The third kappa shape index (κ3) is 3.67. The third-order valence-electron chi connectivity index (χ3n) is 1.65. The molecule has 1 aromatic carbocycles. The summed E-state index contributed by atoms with van der Waals surface area (Å²) in [6.07, 6.45) is 3.80. The van der Waals surface area contributed by atoms with E-state index in [4.69, 9.17) is 5.73 Å². The number of allylic oxidation sites excluding steroid dienone is 1.